The molecular weight excluding hydrogens is 328 g/mol. The van der Waals surface area contributed by atoms with Crippen LogP contribution in [0.5, 0.6) is 0 Å². The maximum Gasteiger partial charge on any atom is 0.292 e. The lowest BCUT2D eigenvalue weighted by Crippen LogP contribution is -2.02. The van der Waals surface area contributed by atoms with E-state index in [-0.39, 0.29) is 10.6 Å². The van der Waals surface area contributed by atoms with E-state index in [0.717, 1.165) is 19.8 Å². The zero-order valence-corrected chi connectivity index (χ0v) is 13.0. The Bertz CT molecular complexity index is 625. The first-order chi connectivity index (χ1) is 8.97. The number of anilines is 1. The summed E-state index contributed by atoms with van der Waals surface area (Å²) in [5.74, 6) is 0. The van der Waals surface area contributed by atoms with Crippen LogP contribution in [0.3, 0.4) is 0 Å². The van der Waals surface area contributed by atoms with Gasteiger partial charge in [-0.15, -0.1) is 11.3 Å². The summed E-state index contributed by atoms with van der Waals surface area (Å²) in [5.41, 5.74) is 2.66. The summed E-state index contributed by atoms with van der Waals surface area (Å²) < 4.78 is 1.05. The van der Waals surface area contributed by atoms with Gasteiger partial charge in [0.25, 0.3) is 5.69 Å². The summed E-state index contributed by atoms with van der Waals surface area (Å²) in [5, 5.41) is 14.2. The van der Waals surface area contributed by atoms with Gasteiger partial charge in [-0.1, -0.05) is 0 Å². The maximum atomic E-state index is 11.1. The van der Waals surface area contributed by atoms with Crippen molar-refractivity contribution in [2.75, 3.05) is 5.32 Å². The SMILES string of the molecule is Cc1cc(NCc2ccc(Br)s2)c([N+](=O)[O-])cc1C. The maximum absolute atomic E-state index is 11.1. The second-order valence-electron chi connectivity index (χ2n) is 4.27. The molecule has 0 aliphatic rings. The van der Waals surface area contributed by atoms with Crippen molar-refractivity contribution in [3.05, 3.63) is 54.2 Å². The Labute approximate surface area is 123 Å². The minimum atomic E-state index is -0.348. The summed E-state index contributed by atoms with van der Waals surface area (Å²) in [6, 6.07) is 7.41. The third kappa shape index (κ3) is 3.33. The lowest BCUT2D eigenvalue weighted by molar-refractivity contribution is -0.384. The second kappa shape index (κ2) is 5.71. The van der Waals surface area contributed by atoms with Crippen molar-refractivity contribution >= 4 is 38.6 Å². The first-order valence-electron chi connectivity index (χ1n) is 5.71. The van der Waals surface area contributed by atoms with Gasteiger partial charge < -0.3 is 5.32 Å². The third-order valence-electron chi connectivity index (χ3n) is 2.89. The number of hydrogen-bond donors (Lipinski definition) is 1. The molecule has 0 unspecified atom stereocenters. The number of halogens is 1. The molecule has 2 aromatic rings. The number of hydrogen-bond acceptors (Lipinski definition) is 4. The zero-order chi connectivity index (χ0) is 14.0. The van der Waals surface area contributed by atoms with Crippen molar-refractivity contribution in [3.63, 3.8) is 0 Å². The highest BCUT2D eigenvalue weighted by molar-refractivity contribution is 9.11. The molecule has 2 rings (SSSR count). The molecule has 19 heavy (non-hydrogen) atoms. The van der Waals surface area contributed by atoms with Crippen LogP contribution in [0.2, 0.25) is 0 Å². The summed E-state index contributed by atoms with van der Waals surface area (Å²) in [6.07, 6.45) is 0. The average Bonchev–Trinajstić information content (AvgIpc) is 2.76. The van der Waals surface area contributed by atoms with Gasteiger partial charge in [0.05, 0.1) is 8.71 Å². The molecule has 1 aromatic heterocycles. The van der Waals surface area contributed by atoms with E-state index >= 15 is 0 Å². The van der Waals surface area contributed by atoms with Crippen LogP contribution in [0.4, 0.5) is 11.4 Å². The molecule has 0 atom stereocenters. The van der Waals surface area contributed by atoms with E-state index < -0.39 is 0 Å². The average molecular weight is 341 g/mol. The monoisotopic (exact) mass is 340 g/mol. The third-order valence-corrected chi connectivity index (χ3v) is 4.51. The molecular formula is C13H13BrN2O2S. The Morgan fingerprint density at radius 2 is 2.00 bits per heavy atom. The van der Waals surface area contributed by atoms with Gasteiger partial charge in [0.15, 0.2) is 0 Å². The van der Waals surface area contributed by atoms with E-state index in [1.54, 1.807) is 17.4 Å². The molecule has 4 nitrogen and oxygen atoms in total. The van der Waals surface area contributed by atoms with E-state index in [1.165, 1.54) is 0 Å². The number of thiophene rings is 1. The topological polar surface area (TPSA) is 55.2 Å². The molecule has 0 saturated carbocycles. The Balaban J connectivity index is 2.23. The van der Waals surface area contributed by atoms with Gasteiger partial charge in [0.2, 0.25) is 0 Å². The fourth-order valence-electron chi connectivity index (χ4n) is 1.72. The Morgan fingerprint density at radius 1 is 1.32 bits per heavy atom. The minimum absolute atomic E-state index is 0.124. The molecule has 100 valence electrons. The fraction of sp³-hybridized carbons (Fsp3) is 0.231. The largest absolute Gasteiger partial charge is 0.375 e. The molecule has 0 saturated heterocycles. The van der Waals surface area contributed by atoms with Crippen molar-refractivity contribution in [3.8, 4) is 0 Å². The quantitative estimate of drug-likeness (QED) is 0.651. The number of benzene rings is 1. The summed E-state index contributed by atoms with van der Waals surface area (Å²) in [4.78, 5) is 11.8. The molecule has 0 fully saturated rings. The van der Waals surface area contributed by atoms with Crippen molar-refractivity contribution in [1.29, 1.82) is 0 Å². The summed E-state index contributed by atoms with van der Waals surface area (Å²) in [7, 11) is 0. The van der Waals surface area contributed by atoms with Crippen LogP contribution in [0.15, 0.2) is 28.1 Å². The molecule has 6 heteroatoms. The highest BCUT2D eigenvalue weighted by Crippen LogP contribution is 2.29. The molecule has 0 spiro atoms. The molecule has 0 aliphatic heterocycles. The summed E-state index contributed by atoms with van der Waals surface area (Å²) in [6.45, 7) is 4.41. The molecule has 0 bridgehead atoms. The van der Waals surface area contributed by atoms with Crippen LogP contribution in [0, 0.1) is 24.0 Å². The lowest BCUT2D eigenvalue weighted by Gasteiger charge is -2.08. The molecule has 1 heterocycles. The number of nitrogens with one attached hydrogen (secondary N) is 1. The first kappa shape index (κ1) is 14.0. The van der Waals surface area contributed by atoms with E-state index in [4.69, 9.17) is 0 Å². The van der Waals surface area contributed by atoms with E-state index in [9.17, 15) is 10.1 Å². The van der Waals surface area contributed by atoms with Gasteiger partial charge in [-0.3, -0.25) is 10.1 Å². The van der Waals surface area contributed by atoms with Gasteiger partial charge in [-0.05, 0) is 59.1 Å². The van der Waals surface area contributed by atoms with Gasteiger partial charge in [-0.25, -0.2) is 0 Å². The van der Waals surface area contributed by atoms with Gasteiger partial charge in [0.1, 0.15) is 5.69 Å². The van der Waals surface area contributed by atoms with Crippen molar-refractivity contribution in [1.82, 2.24) is 0 Å². The Kier molecular flexibility index (Phi) is 4.21. The predicted molar refractivity (Wildman–Crippen MR) is 81.9 cm³/mol. The molecule has 0 amide bonds. The van der Waals surface area contributed by atoms with Gasteiger partial charge in [0, 0.05) is 17.5 Å². The molecule has 0 aliphatic carbocycles. The first-order valence-corrected chi connectivity index (χ1v) is 7.32. The van der Waals surface area contributed by atoms with Gasteiger partial charge >= 0.3 is 0 Å². The van der Waals surface area contributed by atoms with Crippen LogP contribution >= 0.6 is 27.3 Å². The van der Waals surface area contributed by atoms with Crippen molar-refractivity contribution < 1.29 is 4.92 Å². The molecule has 1 N–H and O–H groups in total. The Morgan fingerprint density at radius 3 is 2.58 bits per heavy atom. The lowest BCUT2D eigenvalue weighted by atomic mass is 10.1. The summed E-state index contributed by atoms with van der Waals surface area (Å²) >= 11 is 5.01. The van der Waals surface area contributed by atoms with Crippen LogP contribution < -0.4 is 5.32 Å². The fourth-order valence-corrected chi connectivity index (χ4v) is 3.15. The number of aryl methyl sites for hydroxylation is 2. The smallest absolute Gasteiger partial charge is 0.292 e. The molecule has 0 radical (unpaired) electrons. The van der Waals surface area contributed by atoms with Crippen molar-refractivity contribution in [2.24, 2.45) is 0 Å². The highest BCUT2D eigenvalue weighted by atomic mass is 79.9. The standard InChI is InChI=1S/C13H13BrN2O2S/c1-8-5-11(12(16(17)18)6-9(8)2)15-7-10-3-4-13(14)19-10/h3-6,15H,7H2,1-2H3. The van der Waals surface area contributed by atoms with Gasteiger partial charge in [-0.2, -0.15) is 0 Å². The van der Waals surface area contributed by atoms with Crippen molar-refractivity contribution in [2.45, 2.75) is 20.4 Å². The number of rotatable bonds is 4. The van der Waals surface area contributed by atoms with Crippen LogP contribution in [0.1, 0.15) is 16.0 Å². The van der Waals surface area contributed by atoms with Crippen LogP contribution in [0.25, 0.3) is 0 Å². The number of nitro benzene ring substituents is 1. The van der Waals surface area contributed by atoms with Crippen LogP contribution in [-0.2, 0) is 6.54 Å². The van der Waals surface area contributed by atoms with E-state index in [0.29, 0.717) is 12.2 Å². The minimum Gasteiger partial charge on any atom is -0.375 e. The van der Waals surface area contributed by atoms with E-state index in [1.807, 2.05) is 32.0 Å². The number of nitro groups is 1. The predicted octanol–water partition coefficient (Wildman–Crippen LogP) is 4.65. The number of nitrogens with zero attached hydrogens (tertiary/aromatic N) is 1. The van der Waals surface area contributed by atoms with E-state index in [2.05, 4.69) is 21.2 Å². The highest BCUT2D eigenvalue weighted by Gasteiger charge is 2.15. The van der Waals surface area contributed by atoms with Crippen LogP contribution in [-0.4, -0.2) is 4.92 Å². The molecule has 1 aromatic carbocycles. The normalized spacial score (nSPS) is 10.5. The zero-order valence-electron chi connectivity index (χ0n) is 10.6. The Hall–Kier alpha value is -1.40. The second-order valence-corrected chi connectivity index (χ2v) is 6.82.